The molecule has 110 valence electrons. The first kappa shape index (κ1) is 16.5. The first-order valence-electron chi connectivity index (χ1n) is 7.30. The minimum atomic E-state index is -0.104. The molecule has 2 heteroatoms. The van der Waals surface area contributed by atoms with Crippen LogP contribution in [0, 0.1) is 23.7 Å². The Labute approximate surface area is 122 Å². The summed E-state index contributed by atoms with van der Waals surface area (Å²) in [7, 11) is 0. The molecular weight excluding hydrogens is 248 g/mol. The van der Waals surface area contributed by atoms with Crippen molar-refractivity contribution in [2.75, 3.05) is 6.61 Å². The molecule has 0 aromatic rings. The summed E-state index contributed by atoms with van der Waals surface area (Å²) in [4.78, 5) is 12.3. The van der Waals surface area contributed by atoms with E-state index < -0.39 is 0 Å². The Morgan fingerprint density at radius 2 is 1.90 bits per heavy atom. The van der Waals surface area contributed by atoms with Crippen molar-refractivity contribution in [3.63, 3.8) is 0 Å². The number of hydrogen-bond donors (Lipinski definition) is 0. The van der Waals surface area contributed by atoms with Crippen LogP contribution < -0.4 is 0 Å². The van der Waals surface area contributed by atoms with Crippen LogP contribution in [-0.4, -0.2) is 12.6 Å². The molecule has 0 saturated heterocycles. The molecule has 4 atom stereocenters. The third kappa shape index (κ3) is 3.72. The second-order valence-electron chi connectivity index (χ2n) is 5.38. The third-order valence-corrected chi connectivity index (χ3v) is 4.27. The van der Waals surface area contributed by atoms with E-state index in [1.165, 1.54) is 0 Å². The second-order valence-corrected chi connectivity index (χ2v) is 5.38. The average Bonchev–Trinajstić information content (AvgIpc) is 2.82. The zero-order chi connectivity index (χ0) is 15.1. The molecule has 0 radical (unpaired) electrons. The van der Waals surface area contributed by atoms with E-state index >= 15 is 0 Å². The quantitative estimate of drug-likeness (QED) is 0.374. The maximum absolute atomic E-state index is 12.3. The minimum Gasteiger partial charge on any atom is -0.466 e. The number of ether oxygens (including phenoxy) is 1. The molecule has 2 nitrogen and oxygen atoms in total. The van der Waals surface area contributed by atoms with Gasteiger partial charge in [0.2, 0.25) is 0 Å². The lowest BCUT2D eigenvalue weighted by Crippen LogP contribution is -2.27. The molecule has 0 aromatic carbocycles. The lowest BCUT2D eigenvalue weighted by Gasteiger charge is -2.23. The highest BCUT2D eigenvalue weighted by Gasteiger charge is 2.44. The van der Waals surface area contributed by atoms with E-state index in [-0.39, 0.29) is 23.7 Å². The Morgan fingerprint density at radius 1 is 1.25 bits per heavy atom. The summed E-state index contributed by atoms with van der Waals surface area (Å²) in [6.45, 7) is 17.7. The maximum atomic E-state index is 12.3. The van der Waals surface area contributed by atoms with Gasteiger partial charge < -0.3 is 4.74 Å². The van der Waals surface area contributed by atoms with E-state index in [1.807, 2.05) is 19.1 Å². The van der Waals surface area contributed by atoms with Gasteiger partial charge in [0.1, 0.15) is 0 Å². The van der Waals surface area contributed by atoms with Crippen molar-refractivity contribution >= 4 is 5.97 Å². The SMILES string of the molecule is C=CC(=C)CC[C@H]1C(C=C)CC(C=C)[C@H]1C(=O)OCC. The van der Waals surface area contributed by atoms with Gasteiger partial charge in [0.05, 0.1) is 12.5 Å². The van der Waals surface area contributed by atoms with Crippen molar-refractivity contribution < 1.29 is 9.53 Å². The Balaban J connectivity index is 2.88. The molecule has 2 unspecified atom stereocenters. The number of hydrogen-bond acceptors (Lipinski definition) is 2. The van der Waals surface area contributed by atoms with Crippen LogP contribution in [0.1, 0.15) is 26.2 Å². The van der Waals surface area contributed by atoms with Crippen LogP contribution in [0.4, 0.5) is 0 Å². The topological polar surface area (TPSA) is 26.3 Å². The smallest absolute Gasteiger partial charge is 0.309 e. The van der Waals surface area contributed by atoms with Crippen LogP contribution in [0.3, 0.4) is 0 Å². The molecule has 1 aliphatic carbocycles. The highest BCUT2D eigenvalue weighted by atomic mass is 16.5. The van der Waals surface area contributed by atoms with Gasteiger partial charge in [-0.15, -0.1) is 13.2 Å². The molecule has 1 aliphatic rings. The Kier molecular flexibility index (Phi) is 6.50. The molecular formula is C18H26O2. The van der Waals surface area contributed by atoms with Crippen LogP contribution in [0.25, 0.3) is 0 Å². The first-order valence-corrected chi connectivity index (χ1v) is 7.30. The Morgan fingerprint density at radius 3 is 2.40 bits per heavy atom. The summed E-state index contributed by atoms with van der Waals surface area (Å²) in [6.07, 6.45) is 8.34. The Bertz CT molecular complexity index is 394. The van der Waals surface area contributed by atoms with Gasteiger partial charge in [-0.05, 0) is 43.9 Å². The number of allylic oxidation sites excluding steroid dienone is 4. The van der Waals surface area contributed by atoms with Crippen LogP contribution in [0.2, 0.25) is 0 Å². The summed E-state index contributed by atoms with van der Waals surface area (Å²) < 4.78 is 5.25. The summed E-state index contributed by atoms with van der Waals surface area (Å²) in [5.41, 5.74) is 1.01. The molecule has 0 amide bonds. The van der Waals surface area contributed by atoms with Crippen molar-refractivity contribution in [2.45, 2.75) is 26.2 Å². The molecule has 0 N–H and O–H groups in total. The molecule has 1 fully saturated rings. The number of carbonyl (C=O) groups excluding carboxylic acids is 1. The molecule has 0 bridgehead atoms. The maximum Gasteiger partial charge on any atom is 0.309 e. The number of carbonyl (C=O) groups is 1. The van der Waals surface area contributed by atoms with Crippen molar-refractivity contribution in [3.8, 4) is 0 Å². The number of rotatable bonds is 8. The zero-order valence-corrected chi connectivity index (χ0v) is 12.5. The van der Waals surface area contributed by atoms with Crippen LogP contribution in [0.15, 0.2) is 50.1 Å². The van der Waals surface area contributed by atoms with E-state index in [9.17, 15) is 4.79 Å². The monoisotopic (exact) mass is 274 g/mol. The molecule has 0 aromatic heterocycles. The van der Waals surface area contributed by atoms with Gasteiger partial charge >= 0.3 is 5.97 Å². The molecule has 20 heavy (non-hydrogen) atoms. The molecule has 0 spiro atoms. The van der Waals surface area contributed by atoms with E-state index in [0.29, 0.717) is 12.5 Å². The van der Waals surface area contributed by atoms with Gasteiger partial charge in [0.15, 0.2) is 0 Å². The minimum absolute atomic E-state index is 0.101. The summed E-state index contributed by atoms with van der Waals surface area (Å²) in [6, 6.07) is 0. The van der Waals surface area contributed by atoms with Crippen LogP contribution in [-0.2, 0) is 9.53 Å². The van der Waals surface area contributed by atoms with Crippen molar-refractivity contribution in [1.82, 2.24) is 0 Å². The van der Waals surface area contributed by atoms with E-state index in [4.69, 9.17) is 4.74 Å². The van der Waals surface area contributed by atoms with E-state index in [0.717, 1.165) is 24.8 Å². The molecule has 0 aliphatic heterocycles. The largest absolute Gasteiger partial charge is 0.466 e. The van der Waals surface area contributed by atoms with E-state index in [1.54, 1.807) is 6.08 Å². The fourth-order valence-corrected chi connectivity index (χ4v) is 3.17. The zero-order valence-electron chi connectivity index (χ0n) is 12.5. The highest BCUT2D eigenvalue weighted by Crippen LogP contribution is 2.46. The van der Waals surface area contributed by atoms with Gasteiger partial charge in [-0.3, -0.25) is 4.79 Å². The second kappa shape index (κ2) is 7.88. The average molecular weight is 274 g/mol. The number of esters is 1. The Hall–Kier alpha value is -1.57. The van der Waals surface area contributed by atoms with E-state index in [2.05, 4.69) is 26.3 Å². The van der Waals surface area contributed by atoms with Crippen LogP contribution in [0.5, 0.6) is 0 Å². The molecule has 1 rings (SSSR count). The standard InChI is InChI=1S/C18H26O2/c1-6-13(5)10-11-16-14(7-2)12-15(8-3)17(16)18(19)20-9-4/h6-8,14-17H,1-3,5,9-12H2,4H3/t14?,15?,16-,17+/m0/s1. The van der Waals surface area contributed by atoms with Gasteiger partial charge in [0.25, 0.3) is 0 Å². The van der Waals surface area contributed by atoms with Gasteiger partial charge in [-0.25, -0.2) is 0 Å². The predicted molar refractivity (Wildman–Crippen MR) is 84.2 cm³/mol. The predicted octanol–water partition coefficient (Wildman–Crippen LogP) is 4.31. The first-order chi connectivity index (χ1) is 9.58. The lowest BCUT2D eigenvalue weighted by molar-refractivity contribution is -0.150. The fourth-order valence-electron chi connectivity index (χ4n) is 3.17. The fraction of sp³-hybridized carbons (Fsp3) is 0.500. The van der Waals surface area contributed by atoms with Crippen LogP contribution >= 0.6 is 0 Å². The normalized spacial score (nSPS) is 28.6. The van der Waals surface area contributed by atoms with Crippen molar-refractivity contribution in [1.29, 1.82) is 0 Å². The highest BCUT2D eigenvalue weighted by molar-refractivity contribution is 5.74. The summed E-state index contributed by atoms with van der Waals surface area (Å²) >= 11 is 0. The van der Waals surface area contributed by atoms with Crippen molar-refractivity contribution in [2.24, 2.45) is 23.7 Å². The third-order valence-electron chi connectivity index (χ3n) is 4.27. The molecule has 1 saturated carbocycles. The van der Waals surface area contributed by atoms with Gasteiger partial charge in [-0.1, -0.05) is 37.0 Å². The van der Waals surface area contributed by atoms with Crippen molar-refractivity contribution in [3.05, 3.63) is 50.1 Å². The van der Waals surface area contributed by atoms with Gasteiger partial charge in [0, 0.05) is 0 Å². The summed E-state index contributed by atoms with van der Waals surface area (Å²) in [5.74, 6) is 0.569. The lowest BCUT2D eigenvalue weighted by atomic mass is 9.82. The molecule has 0 heterocycles. The van der Waals surface area contributed by atoms with Gasteiger partial charge in [-0.2, -0.15) is 0 Å². The summed E-state index contributed by atoms with van der Waals surface area (Å²) in [5, 5.41) is 0.